The zero-order chi connectivity index (χ0) is 17.8. The molecule has 7 nitrogen and oxygen atoms in total. The normalized spacial score (nSPS) is 10.7. The number of aliphatic hydroxyl groups excluding tert-OH is 1. The molecule has 0 aliphatic heterocycles. The standard InChI is InChI=1S/C18H20N4O3/c1-3-25-16-7-6-14(10-13(16)12-23)20-17(24)15-11-19-21(2)18(15)22-8-4-5-9-22/h4-11,23H,3,12H2,1-2H3,(H,20,24). The molecule has 2 N–H and O–H groups in total. The lowest BCUT2D eigenvalue weighted by atomic mass is 10.1. The highest BCUT2D eigenvalue weighted by atomic mass is 16.5. The third-order valence-corrected chi connectivity index (χ3v) is 3.79. The zero-order valence-electron chi connectivity index (χ0n) is 14.1. The van der Waals surface area contributed by atoms with Gasteiger partial charge in [-0.1, -0.05) is 0 Å². The molecule has 0 saturated heterocycles. The van der Waals surface area contributed by atoms with Gasteiger partial charge in [-0.05, 0) is 37.3 Å². The topological polar surface area (TPSA) is 81.3 Å². The van der Waals surface area contributed by atoms with Crippen molar-refractivity contribution in [2.45, 2.75) is 13.5 Å². The Labute approximate surface area is 145 Å². The van der Waals surface area contributed by atoms with E-state index in [1.165, 1.54) is 6.20 Å². The molecule has 130 valence electrons. The molecule has 0 aliphatic carbocycles. The molecular formula is C18H20N4O3. The molecule has 0 atom stereocenters. The van der Waals surface area contributed by atoms with Gasteiger partial charge in [0.15, 0.2) is 0 Å². The number of carbonyl (C=O) groups excluding carboxylic acids is 1. The van der Waals surface area contributed by atoms with Gasteiger partial charge in [0.1, 0.15) is 17.1 Å². The maximum atomic E-state index is 12.7. The molecule has 3 aromatic rings. The Balaban J connectivity index is 1.86. The van der Waals surface area contributed by atoms with E-state index in [2.05, 4.69) is 10.4 Å². The molecule has 7 heteroatoms. The molecule has 0 unspecified atom stereocenters. The number of carbonyl (C=O) groups is 1. The number of aryl methyl sites for hydroxylation is 1. The van der Waals surface area contributed by atoms with Crippen molar-refractivity contribution in [3.05, 3.63) is 60.0 Å². The van der Waals surface area contributed by atoms with Gasteiger partial charge in [0.2, 0.25) is 0 Å². The Morgan fingerprint density at radius 3 is 2.76 bits per heavy atom. The van der Waals surface area contributed by atoms with Crippen LogP contribution in [0.25, 0.3) is 5.82 Å². The van der Waals surface area contributed by atoms with Crippen molar-refractivity contribution in [3.63, 3.8) is 0 Å². The van der Waals surface area contributed by atoms with E-state index < -0.39 is 0 Å². The number of nitrogens with zero attached hydrogens (tertiary/aromatic N) is 3. The van der Waals surface area contributed by atoms with Crippen molar-refractivity contribution in [3.8, 4) is 11.6 Å². The summed E-state index contributed by atoms with van der Waals surface area (Å²) in [6.45, 7) is 2.22. The second kappa shape index (κ2) is 7.23. The van der Waals surface area contributed by atoms with Crippen LogP contribution in [0.3, 0.4) is 0 Å². The third kappa shape index (κ3) is 3.41. The number of rotatable bonds is 6. The van der Waals surface area contributed by atoms with Gasteiger partial charge < -0.3 is 19.7 Å². The highest BCUT2D eigenvalue weighted by molar-refractivity contribution is 6.06. The van der Waals surface area contributed by atoms with E-state index >= 15 is 0 Å². The Bertz CT molecular complexity index is 869. The molecule has 2 aromatic heterocycles. The van der Waals surface area contributed by atoms with Gasteiger partial charge in [-0.15, -0.1) is 0 Å². The van der Waals surface area contributed by atoms with Crippen LogP contribution in [0.4, 0.5) is 5.69 Å². The average molecular weight is 340 g/mol. The van der Waals surface area contributed by atoms with Crippen LogP contribution in [-0.2, 0) is 13.7 Å². The number of ether oxygens (including phenoxy) is 1. The summed E-state index contributed by atoms with van der Waals surface area (Å²) in [4.78, 5) is 12.7. The maximum absolute atomic E-state index is 12.7. The van der Waals surface area contributed by atoms with Crippen LogP contribution in [0.2, 0.25) is 0 Å². The Hall–Kier alpha value is -3.06. The van der Waals surface area contributed by atoms with Gasteiger partial charge in [0.05, 0.1) is 19.4 Å². The number of anilines is 1. The summed E-state index contributed by atoms with van der Waals surface area (Å²) >= 11 is 0. The van der Waals surface area contributed by atoms with E-state index in [4.69, 9.17) is 4.74 Å². The second-order valence-corrected chi connectivity index (χ2v) is 5.46. The molecule has 25 heavy (non-hydrogen) atoms. The summed E-state index contributed by atoms with van der Waals surface area (Å²) < 4.78 is 8.93. The van der Waals surface area contributed by atoms with Gasteiger partial charge in [-0.3, -0.25) is 9.48 Å². The van der Waals surface area contributed by atoms with E-state index in [9.17, 15) is 9.90 Å². The number of benzene rings is 1. The predicted molar refractivity (Wildman–Crippen MR) is 94.0 cm³/mol. The minimum atomic E-state index is -0.273. The second-order valence-electron chi connectivity index (χ2n) is 5.46. The quantitative estimate of drug-likeness (QED) is 0.722. The Kier molecular flexibility index (Phi) is 4.85. The van der Waals surface area contributed by atoms with Gasteiger partial charge >= 0.3 is 0 Å². The molecule has 1 aromatic carbocycles. The average Bonchev–Trinajstić information content (AvgIpc) is 3.25. The predicted octanol–water partition coefficient (Wildman–Crippen LogP) is 2.35. The zero-order valence-corrected chi connectivity index (χ0v) is 14.1. The van der Waals surface area contributed by atoms with E-state index in [1.54, 1.807) is 29.9 Å². The first-order valence-electron chi connectivity index (χ1n) is 7.97. The fourth-order valence-corrected chi connectivity index (χ4v) is 2.65. The van der Waals surface area contributed by atoms with Crippen molar-refractivity contribution in [1.82, 2.24) is 14.3 Å². The molecule has 0 fully saturated rings. The number of aliphatic hydroxyl groups is 1. The number of aromatic nitrogens is 3. The van der Waals surface area contributed by atoms with Crippen LogP contribution < -0.4 is 10.1 Å². The number of amides is 1. The summed E-state index contributed by atoms with van der Waals surface area (Å²) in [5.41, 5.74) is 1.66. The van der Waals surface area contributed by atoms with Crippen molar-refractivity contribution in [2.75, 3.05) is 11.9 Å². The summed E-state index contributed by atoms with van der Waals surface area (Å²) in [7, 11) is 1.78. The molecule has 0 saturated carbocycles. The van der Waals surface area contributed by atoms with Crippen LogP contribution >= 0.6 is 0 Å². The first-order chi connectivity index (χ1) is 12.1. The van der Waals surface area contributed by atoms with Gasteiger partial charge in [-0.2, -0.15) is 5.10 Å². The summed E-state index contributed by atoms with van der Waals surface area (Å²) in [6.07, 6.45) is 5.25. The largest absolute Gasteiger partial charge is 0.494 e. The number of hydrogen-bond donors (Lipinski definition) is 2. The number of nitrogens with one attached hydrogen (secondary N) is 1. The minimum absolute atomic E-state index is 0.166. The molecule has 3 rings (SSSR count). The third-order valence-electron chi connectivity index (χ3n) is 3.79. The van der Waals surface area contributed by atoms with E-state index in [1.807, 2.05) is 36.0 Å². The van der Waals surface area contributed by atoms with Gasteiger partial charge in [0, 0.05) is 30.7 Å². The van der Waals surface area contributed by atoms with Gasteiger partial charge in [-0.25, -0.2) is 0 Å². The maximum Gasteiger partial charge on any atom is 0.261 e. The lowest BCUT2D eigenvalue weighted by Crippen LogP contribution is -2.15. The Morgan fingerprint density at radius 1 is 1.32 bits per heavy atom. The highest BCUT2D eigenvalue weighted by Crippen LogP contribution is 2.24. The van der Waals surface area contributed by atoms with Crippen molar-refractivity contribution >= 4 is 11.6 Å². The van der Waals surface area contributed by atoms with Crippen molar-refractivity contribution in [2.24, 2.45) is 7.05 Å². The lowest BCUT2D eigenvalue weighted by Gasteiger charge is -2.12. The van der Waals surface area contributed by atoms with E-state index in [-0.39, 0.29) is 12.5 Å². The molecule has 0 radical (unpaired) electrons. The molecule has 1 amide bonds. The summed E-state index contributed by atoms with van der Waals surface area (Å²) in [5, 5.41) is 16.5. The molecule has 0 spiro atoms. The van der Waals surface area contributed by atoms with Crippen LogP contribution in [0.15, 0.2) is 48.9 Å². The number of hydrogen-bond acceptors (Lipinski definition) is 4. The first-order valence-corrected chi connectivity index (χ1v) is 7.97. The van der Waals surface area contributed by atoms with Crippen LogP contribution in [0, 0.1) is 0 Å². The first kappa shape index (κ1) is 16.8. The molecular weight excluding hydrogens is 320 g/mol. The van der Waals surface area contributed by atoms with Crippen molar-refractivity contribution in [1.29, 1.82) is 0 Å². The van der Waals surface area contributed by atoms with E-state index in [0.717, 1.165) is 0 Å². The SMILES string of the molecule is CCOc1ccc(NC(=O)c2cnn(C)c2-n2cccc2)cc1CO. The highest BCUT2D eigenvalue weighted by Gasteiger charge is 2.18. The monoisotopic (exact) mass is 340 g/mol. The van der Waals surface area contributed by atoms with Crippen LogP contribution in [0.5, 0.6) is 5.75 Å². The molecule has 2 heterocycles. The van der Waals surface area contributed by atoms with Crippen LogP contribution in [0.1, 0.15) is 22.8 Å². The fraction of sp³-hybridized carbons (Fsp3) is 0.222. The molecule has 0 aliphatic rings. The lowest BCUT2D eigenvalue weighted by molar-refractivity contribution is 0.102. The van der Waals surface area contributed by atoms with Gasteiger partial charge in [0.25, 0.3) is 5.91 Å². The molecule has 0 bridgehead atoms. The van der Waals surface area contributed by atoms with Crippen molar-refractivity contribution < 1.29 is 14.6 Å². The van der Waals surface area contributed by atoms with Crippen LogP contribution in [-0.4, -0.2) is 32.0 Å². The Morgan fingerprint density at radius 2 is 2.08 bits per heavy atom. The minimum Gasteiger partial charge on any atom is -0.494 e. The summed E-state index contributed by atoms with van der Waals surface area (Å²) in [5.74, 6) is 1.01. The smallest absolute Gasteiger partial charge is 0.261 e. The fourth-order valence-electron chi connectivity index (χ4n) is 2.65. The summed E-state index contributed by atoms with van der Waals surface area (Å²) in [6, 6.07) is 8.95. The van der Waals surface area contributed by atoms with E-state index in [0.29, 0.717) is 35.0 Å².